The number of hydrogen-bond donors (Lipinski definition) is 2. The van der Waals surface area contributed by atoms with E-state index < -0.39 is 0 Å². The van der Waals surface area contributed by atoms with Crippen molar-refractivity contribution in [2.45, 2.75) is 79.6 Å². The summed E-state index contributed by atoms with van der Waals surface area (Å²) in [4.78, 5) is 9.73. The van der Waals surface area contributed by atoms with Gasteiger partial charge in [-0.3, -0.25) is 4.90 Å². The van der Waals surface area contributed by atoms with E-state index in [-0.39, 0.29) is 0 Å². The van der Waals surface area contributed by atoms with Gasteiger partial charge in [0.05, 0.1) is 6.54 Å². The van der Waals surface area contributed by atoms with Crippen molar-refractivity contribution in [3.8, 4) is 0 Å². The predicted molar refractivity (Wildman–Crippen MR) is 127 cm³/mol. The largest absolute Gasteiger partial charge is 0.357 e. The van der Waals surface area contributed by atoms with Gasteiger partial charge in [-0.05, 0) is 78.3 Å². The fourth-order valence-electron chi connectivity index (χ4n) is 3.27. The maximum atomic E-state index is 4.88. The Labute approximate surface area is 180 Å². The lowest BCUT2D eigenvalue weighted by Crippen LogP contribution is -2.42. The van der Waals surface area contributed by atoms with E-state index in [0.717, 1.165) is 38.6 Å². The maximum absolute atomic E-state index is 4.88. The first-order valence-corrected chi connectivity index (χ1v) is 11.4. The van der Waals surface area contributed by atoms with Crippen molar-refractivity contribution in [2.24, 2.45) is 4.99 Å². The SMILES string of the molecule is CCNC(=NCc1ccccc1CN(C)C(C)C)NC(C)CCCN(CC)CC. The van der Waals surface area contributed by atoms with Gasteiger partial charge in [-0.25, -0.2) is 4.99 Å². The number of hydrogen-bond acceptors (Lipinski definition) is 3. The van der Waals surface area contributed by atoms with Crippen molar-refractivity contribution in [1.29, 1.82) is 0 Å². The molecule has 0 spiro atoms. The van der Waals surface area contributed by atoms with Gasteiger partial charge in [0.1, 0.15) is 0 Å². The topological polar surface area (TPSA) is 42.9 Å². The summed E-state index contributed by atoms with van der Waals surface area (Å²) in [7, 11) is 2.18. The molecule has 2 N–H and O–H groups in total. The van der Waals surface area contributed by atoms with Gasteiger partial charge < -0.3 is 15.5 Å². The standard InChI is InChI=1S/C24H45N5/c1-8-25-24(27-21(6)14-13-17-29(9-2)10-3)26-18-22-15-11-12-16-23(22)19-28(7)20(4)5/h11-12,15-16,20-21H,8-10,13-14,17-19H2,1-7H3,(H2,25,26,27). The van der Waals surface area contributed by atoms with Crippen molar-refractivity contribution in [1.82, 2.24) is 20.4 Å². The van der Waals surface area contributed by atoms with Gasteiger partial charge in [0.2, 0.25) is 0 Å². The van der Waals surface area contributed by atoms with Crippen LogP contribution >= 0.6 is 0 Å². The lowest BCUT2D eigenvalue weighted by Gasteiger charge is -2.23. The van der Waals surface area contributed by atoms with Crippen LogP contribution in [0, 0.1) is 0 Å². The molecule has 0 aliphatic heterocycles. The Morgan fingerprint density at radius 1 is 1.03 bits per heavy atom. The molecule has 0 fully saturated rings. The average molecular weight is 404 g/mol. The minimum atomic E-state index is 0.408. The Hall–Kier alpha value is -1.59. The van der Waals surface area contributed by atoms with Crippen LogP contribution in [0.4, 0.5) is 0 Å². The molecule has 0 aliphatic rings. The number of benzene rings is 1. The van der Waals surface area contributed by atoms with Crippen LogP contribution in [0.25, 0.3) is 0 Å². The normalized spacial score (nSPS) is 13.4. The van der Waals surface area contributed by atoms with Gasteiger partial charge in [0.25, 0.3) is 0 Å². The Bertz CT molecular complexity index is 580. The molecule has 1 aromatic carbocycles. The average Bonchev–Trinajstić information content (AvgIpc) is 2.70. The van der Waals surface area contributed by atoms with E-state index >= 15 is 0 Å². The van der Waals surface area contributed by atoms with Crippen LogP contribution in [-0.4, -0.2) is 61.1 Å². The minimum absolute atomic E-state index is 0.408. The molecular formula is C24H45N5. The fourth-order valence-corrected chi connectivity index (χ4v) is 3.27. The first kappa shape index (κ1) is 25.4. The second kappa shape index (κ2) is 14.4. The van der Waals surface area contributed by atoms with Crippen molar-refractivity contribution in [3.05, 3.63) is 35.4 Å². The van der Waals surface area contributed by atoms with Crippen LogP contribution in [0.3, 0.4) is 0 Å². The zero-order valence-corrected chi connectivity index (χ0v) is 20.0. The highest BCUT2D eigenvalue weighted by molar-refractivity contribution is 5.80. The van der Waals surface area contributed by atoms with Gasteiger partial charge >= 0.3 is 0 Å². The van der Waals surface area contributed by atoms with Gasteiger partial charge in [0.15, 0.2) is 5.96 Å². The lowest BCUT2D eigenvalue weighted by molar-refractivity contribution is 0.265. The zero-order valence-electron chi connectivity index (χ0n) is 20.0. The summed E-state index contributed by atoms with van der Waals surface area (Å²) in [6, 6.07) is 9.59. The molecular weight excluding hydrogens is 358 g/mol. The third-order valence-electron chi connectivity index (χ3n) is 5.56. The Balaban J connectivity index is 2.68. The first-order chi connectivity index (χ1) is 13.9. The fraction of sp³-hybridized carbons (Fsp3) is 0.708. The third kappa shape index (κ3) is 10.1. The van der Waals surface area contributed by atoms with E-state index in [0.29, 0.717) is 18.6 Å². The Kier molecular flexibility index (Phi) is 12.6. The first-order valence-electron chi connectivity index (χ1n) is 11.4. The van der Waals surface area contributed by atoms with Crippen LogP contribution in [-0.2, 0) is 13.1 Å². The van der Waals surface area contributed by atoms with Gasteiger partial charge in [-0.2, -0.15) is 0 Å². The van der Waals surface area contributed by atoms with Crippen LogP contribution < -0.4 is 10.6 Å². The number of guanidine groups is 1. The summed E-state index contributed by atoms with van der Waals surface area (Å²) in [5.41, 5.74) is 2.65. The summed E-state index contributed by atoms with van der Waals surface area (Å²) in [6.45, 7) is 19.3. The van der Waals surface area contributed by atoms with Crippen LogP contribution in [0.15, 0.2) is 29.3 Å². The molecule has 29 heavy (non-hydrogen) atoms. The van der Waals surface area contributed by atoms with Gasteiger partial charge in [-0.1, -0.05) is 38.1 Å². The molecule has 166 valence electrons. The van der Waals surface area contributed by atoms with Crippen LogP contribution in [0.1, 0.15) is 65.5 Å². The Morgan fingerprint density at radius 2 is 1.69 bits per heavy atom. The second-order valence-electron chi connectivity index (χ2n) is 8.19. The lowest BCUT2D eigenvalue weighted by atomic mass is 10.1. The molecule has 0 aromatic heterocycles. The molecule has 0 amide bonds. The molecule has 1 unspecified atom stereocenters. The molecule has 0 saturated heterocycles. The van der Waals surface area contributed by atoms with E-state index in [1.165, 1.54) is 24.1 Å². The summed E-state index contributed by atoms with van der Waals surface area (Å²) in [5.74, 6) is 0.912. The molecule has 1 rings (SSSR count). The summed E-state index contributed by atoms with van der Waals surface area (Å²) < 4.78 is 0. The number of nitrogens with zero attached hydrogens (tertiary/aromatic N) is 3. The van der Waals surface area contributed by atoms with Crippen molar-refractivity contribution in [2.75, 3.05) is 33.2 Å². The van der Waals surface area contributed by atoms with Crippen LogP contribution in [0.5, 0.6) is 0 Å². The highest BCUT2D eigenvalue weighted by Gasteiger charge is 2.09. The molecule has 1 aromatic rings. The van der Waals surface area contributed by atoms with E-state index in [1.807, 2.05) is 0 Å². The van der Waals surface area contributed by atoms with E-state index in [1.54, 1.807) is 0 Å². The molecule has 0 radical (unpaired) electrons. The summed E-state index contributed by atoms with van der Waals surface area (Å²) in [6.07, 6.45) is 2.36. The zero-order chi connectivity index (χ0) is 21.6. The van der Waals surface area contributed by atoms with E-state index in [2.05, 4.69) is 93.3 Å². The molecule has 0 heterocycles. The second-order valence-corrected chi connectivity index (χ2v) is 8.19. The van der Waals surface area contributed by atoms with Crippen molar-refractivity contribution < 1.29 is 0 Å². The minimum Gasteiger partial charge on any atom is -0.357 e. The highest BCUT2D eigenvalue weighted by atomic mass is 15.2. The smallest absolute Gasteiger partial charge is 0.191 e. The van der Waals surface area contributed by atoms with Crippen LogP contribution in [0.2, 0.25) is 0 Å². The molecule has 5 heteroatoms. The maximum Gasteiger partial charge on any atom is 0.191 e. The number of rotatable bonds is 13. The predicted octanol–water partition coefficient (Wildman–Crippen LogP) is 4.09. The number of aliphatic imine (C=N–C) groups is 1. The van der Waals surface area contributed by atoms with E-state index in [4.69, 9.17) is 4.99 Å². The van der Waals surface area contributed by atoms with Gasteiger partial charge in [-0.15, -0.1) is 0 Å². The summed E-state index contributed by atoms with van der Waals surface area (Å²) in [5, 5.41) is 6.99. The number of nitrogens with one attached hydrogen (secondary N) is 2. The highest BCUT2D eigenvalue weighted by Crippen LogP contribution is 2.13. The quantitative estimate of drug-likeness (QED) is 0.384. The monoisotopic (exact) mass is 403 g/mol. The van der Waals surface area contributed by atoms with E-state index in [9.17, 15) is 0 Å². The third-order valence-corrected chi connectivity index (χ3v) is 5.56. The molecule has 1 atom stereocenters. The molecule has 0 bridgehead atoms. The molecule has 0 aliphatic carbocycles. The molecule has 0 saturated carbocycles. The van der Waals surface area contributed by atoms with Gasteiger partial charge in [0, 0.05) is 25.2 Å². The van der Waals surface area contributed by atoms with Crippen molar-refractivity contribution in [3.63, 3.8) is 0 Å². The summed E-state index contributed by atoms with van der Waals surface area (Å²) >= 11 is 0. The Morgan fingerprint density at radius 3 is 2.28 bits per heavy atom. The molecule has 5 nitrogen and oxygen atoms in total. The van der Waals surface area contributed by atoms with Crippen molar-refractivity contribution >= 4 is 5.96 Å².